The molecule has 1 fully saturated rings. The highest BCUT2D eigenvalue weighted by atomic mass is 32.1. The molecular formula is C27H28N2O4S. The number of hydrogen-bond acceptors (Lipinski definition) is 5. The second-order valence-electron chi connectivity index (χ2n) is 7.96. The normalized spacial score (nSPS) is 15.1. The van der Waals surface area contributed by atoms with Gasteiger partial charge in [-0.1, -0.05) is 74.0 Å². The van der Waals surface area contributed by atoms with E-state index in [9.17, 15) is 19.2 Å². The van der Waals surface area contributed by atoms with Gasteiger partial charge in [-0.05, 0) is 31.4 Å². The Labute approximate surface area is 203 Å². The standard InChI is InChI=1S/C19H20N2O3S.C8H8O/c1-2-6-15-13(11-16(25-15)12-7-4-3-5-8-12)18(23)20-14-9-10-17(22)21-19(14)24;1-7(9)8-5-3-2-4-6-8/h3-5,7-8,11,14H,2,6,9-10H2,1H3,(H,20,23)(H,21,22,24);2-6H,1H3. The number of Topliss-reactive ketones (excluding diaryl/α,β-unsaturated/α-hetero) is 1. The van der Waals surface area contributed by atoms with Crippen molar-refractivity contribution < 1.29 is 19.2 Å². The Morgan fingerprint density at radius 3 is 2.24 bits per heavy atom. The van der Waals surface area contributed by atoms with E-state index in [-0.39, 0.29) is 24.0 Å². The lowest BCUT2D eigenvalue weighted by atomic mass is 10.0. The highest BCUT2D eigenvalue weighted by Crippen LogP contribution is 2.32. The fraction of sp³-hybridized carbons (Fsp3) is 0.259. The van der Waals surface area contributed by atoms with Crippen LogP contribution in [0, 0.1) is 0 Å². The van der Waals surface area contributed by atoms with Crippen LogP contribution in [0.15, 0.2) is 66.7 Å². The molecule has 3 amide bonds. The minimum atomic E-state index is -0.653. The van der Waals surface area contributed by atoms with Gasteiger partial charge in [-0.3, -0.25) is 24.5 Å². The number of aryl methyl sites for hydroxylation is 1. The van der Waals surface area contributed by atoms with Gasteiger partial charge >= 0.3 is 0 Å². The van der Waals surface area contributed by atoms with Crippen LogP contribution >= 0.6 is 11.3 Å². The van der Waals surface area contributed by atoms with Gasteiger partial charge in [-0.15, -0.1) is 11.3 Å². The Bertz CT molecular complexity index is 1160. The van der Waals surface area contributed by atoms with Gasteiger partial charge in [-0.25, -0.2) is 0 Å². The van der Waals surface area contributed by atoms with E-state index in [1.165, 1.54) is 0 Å². The van der Waals surface area contributed by atoms with Crippen molar-refractivity contribution in [2.45, 2.75) is 45.6 Å². The molecule has 0 aliphatic carbocycles. The van der Waals surface area contributed by atoms with Crippen molar-refractivity contribution in [3.63, 3.8) is 0 Å². The summed E-state index contributed by atoms with van der Waals surface area (Å²) in [6.45, 7) is 3.64. The Morgan fingerprint density at radius 2 is 1.68 bits per heavy atom. The summed E-state index contributed by atoms with van der Waals surface area (Å²) in [5.74, 6) is -0.851. The molecular weight excluding hydrogens is 448 g/mol. The van der Waals surface area contributed by atoms with Crippen molar-refractivity contribution in [3.05, 3.63) is 82.7 Å². The van der Waals surface area contributed by atoms with Gasteiger partial charge in [-0.2, -0.15) is 0 Å². The third-order valence-corrected chi connectivity index (χ3v) is 6.56. The number of hydrogen-bond donors (Lipinski definition) is 2. The lowest BCUT2D eigenvalue weighted by Crippen LogP contribution is -2.52. The summed E-state index contributed by atoms with van der Waals surface area (Å²) in [4.78, 5) is 48.5. The van der Waals surface area contributed by atoms with E-state index in [2.05, 4.69) is 17.6 Å². The summed E-state index contributed by atoms with van der Waals surface area (Å²) < 4.78 is 0. The molecule has 2 heterocycles. The lowest BCUT2D eigenvalue weighted by molar-refractivity contribution is -0.134. The number of nitrogens with one attached hydrogen (secondary N) is 2. The second-order valence-corrected chi connectivity index (χ2v) is 9.10. The number of imide groups is 1. The van der Waals surface area contributed by atoms with E-state index >= 15 is 0 Å². The third kappa shape index (κ3) is 6.71. The van der Waals surface area contributed by atoms with Crippen LogP contribution in [0.3, 0.4) is 0 Å². The number of carbonyl (C=O) groups is 4. The average Bonchev–Trinajstić information content (AvgIpc) is 3.27. The number of benzene rings is 2. The molecule has 6 nitrogen and oxygen atoms in total. The van der Waals surface area contributed by atoms with Crippen LogP contribution in [-0.2, 0) is 16.0 Å². The highest BCUT2D eigenvalue weighted by Gasteiger charge is 2.29. The minimum absolute atomic E-state index is 0.121. The molecule has 176 valence electrons. The molecule has 1 aliphatic heterocycles. The van der Waals surface area contributed by atoms with Crippen LogP contribution in [0.5, 0.6) is 0 Å². The van der Waals surface area contributed by atoms with Gasteiger partial charge in [0.2, 0.25) is 11.8 Å². The summed E-state index contributed by atoms with van der Waals surface area (Å²) >= 11 is 1.61. The first-order valence-electron chi connectivity index (χ1n) is 11.3. The lowest BCUT2D eigenvalue weighted by Gasteiger charge is -2.21. The monoisotopic (exact) mass is 476 g/mol. The van der Waals surface area contributed by atoms with Gasteiger partial charge in [0.25, 0.3) is 5.91 Å². The predicted octanol–water partition coefficient (Wildman–Crippen LogP) is 4.79. The zero-order chi connectivity index (χ0) is 24.5. The van der Waals surface area contributed by atoms with Crippen molar-refractivity contribution in [1.82, 2.24) is 10.6 Å². The largest absolute Gasteiger partial charge is 0.340 e. The molecule has 3 aromatic rings. The van der Waals surface area contributed by atoms with E-state index < -0.39 is 11.9 Å². The van der Waals surface area contributed by atoms with Gasteiger partial charge in [0.05, 0.1) is 5.56 Å². The zero-order valence-electron chi connectivity index (χ0n) is 19.3. The molecule has 0 bridgehead atoms. The van der Waals surface area contributed by atoms with Crippen LogP contribution in [0.25, 0.3) is 10.4 Å². The molecule has 0 saturated carbocycles. The van der Waals surface area contributed by atoms with Crippen LogP contribution in [-0.4, -0.2) is 29.5 Å². The topological polar surface area (TPSA) is 92.3 Å². The quantitative estimate of drug-likeness (QED) is 0.395. The Morgan fingerprint density at radius 1 is 1.03 bits per heavy atom. The van der Waals surface area contributed by atoms with Crippen molar-refractivity contribution >= 4 is 34.8 Å². The SMILES string of the molecule is CC(=O)c1ccccc1.CCCc1sc(-c2ccccc2)cc1C(=O)NC1CCC(=O)NC1=O. The molecule has 0 spiro atoms. The van der Waals surface area contributed by atoms with E-state index in [4.69, 9.17) is 0 Å². The smallest absolute Gasteiger partial charge is 0.253 e. The Balaban J connectivity index is 0.000000302. The van der Waals surface area contributed by atoms with Crippen LogP contribution < -0.4 is 10.6 Å². The maximum atomic E-state index is 12.7. The van der Waals surface area contributed by atoms with E-state index in [0.717, 1.165) is 33.7 Å². The minimum Gasteiger partial charge on any atom is -0.340 e. The molecule has 1 aromatic heterocycles. The van der Waals surface area contributed by atoms with Crippen LogP contribution in [0.1, 0.15) is 58.7 Å². The van der Waals surface area contributed by atoms with Crippen LogP contribution in [0.4, 0.5) is 0 Å². The van der Waals surface area contributed by atoms with Gasteiger partial charge in [0.1, 0.15) is 6.04 Å². The molecule has 2 N–H and O–H groups in total. The summed E-state index contributed by atoms with van der Waals surface area (Å²) in [6, 6.07) is 20.4. The summed E-state index contributed by atoms with van der Waals surface area (Å²) in [6.07, 6.45) is 2.34. The molecule has 2 aromatic carbocycles. The van der Waals surface area contributed by atoms with Crippen molar-refractivity contribution in [3.8, 4) is 10.4 Å². The Kier molecular flexibility index (Phi) is 8.87. The molecule has 34 heavy (non-hydrogen) atoms. The molecule has 1 atom stereocenters. The first kappa shape index (κ1) is 25.1. The average molecular weight is 477 g/mol. The van der Waals surface area contributed by atoms with Crippen LogP contribution in [0.2, 0.25) is 0 Å². The summed E-state index contributed by atoms with van der Waals surface area (Å²) in [7, 11) is 0. The van der Waals surface area contributed by atoms with E-state index in [1.807, 2.05) is 66.7 Å². The first-order valence-corrected chi connectivity index (χ1v) is 12.1. The van der Waals surface area contributed by atoms with Gasteiger partial charge < -0.3 is 5.32 Å². The number of carbonyl (C=O) groups excluding carboxylic acids is 4. The first-order chi connectivity index (χ1) is 16.4. The fourth-order valence-corrected chi connectivity index (χ4v) is 4.78. The van der Waals surface area contributed by atoms with Crippen molar-refractivity contribution in [2.75, 3.05) is 0 Å². The molecule has 1 unspecified atom stereocenters. The van der Waals surface area contributed by atoms with Crippen molar-refractivity contribution in [2.24, 2.45) is 0 Å². The molecule has 0 radical (unpaired) electrons. The fourth-order valence-electron chi connectivity index (χ4n) is 3.52. The third-order valence-electron chi connectivity index (χ3n) is 5.31. The summed E-state index contributed by atoms with van der Waals surface area (Å²) in [5.41, 5.74) is 2.47. The van der Waals surface area contributed by atoms with E-state index in [1.54, 1.807) is 18.3 Å². The van der Waals surface area contributed by atoms with Gasteiger partial charge in [0.15, 0.2) is 5.78 Å². The maximum absolute atomic E-state index is 12.7. The number of thiophene rings is 1. The number of amides is 3. The molecule has 7 heteroatoms. The van der Waals surface area contributed by atoms with Gasteiger partial charge in [0, 0.05) is 21.7 Å². The summed E-state index contributed by atoms with van der Waals surface area (Å²) in [5, 5.41) is 5.04. The molecule has 4 rings (SSSR count). The number of rotatable bonds is 6. The predicted molar refractivity (Wildman–Crippen MR) is 134 cm³/mol. The van der Waals surface area contributed by atoms with Crippen molar-refractivity contribution in [1.29, 1.82) is 0 Å². The Hall–Kier alpha value is -3.58. The second kappa shape index (κ2) is 12.0. The maximum Gasteiger partial charge on any atom is 0.253 e. The number of ketones is 1. The number of piperidine rings is 1. The van der Waals surface area contributed by atoms with E-state index in [0.29, 0.717) is 12.0 Å². The highest BCUT2D eigenvalue weighted by molar-refractivity contribution is 7.15. The molecule has 1 saturated heterocycles. The molecule has 1 aliphatic rings. The zero-order valence-corrected chi connectivity index (χ0v) is 20.1.